The number of aliphatic imine (C=N–C) groups is 1. The molecule has 0 saturated carbocycles. The Bertz CT molecular complexity index is 477. The molecule has 0 spiro atoms. The maximum atomic E-state index is 11.5. The zero-order chi connectivity index (χ0) is 15.5. The summed E-state index contributed by atoms with van der Waals surface area (Å²) in [5.74, 6) is 0.631. The number of halogens is 1. The molecule has 0 atom stereocenters. The molecule has 0 unspecified atom stereocenters. The van der Waals surface area contributed by atoms with Crippen molar-refractivity contribution in [3.63, 3.8) is 0 Å². The smallest absolute Gasteiger partial charge is 0.239 e. The summed E-state index contributed by atoms with van der Waals surface area (Å²) in [7, 11) is 0. The molecule has 22 heavy (non-hydrogen) atoms. The molecule has 0 aliphatic heterocycles. The number of hydrogen-bond donors (Lipinski definition) is 3. The van der Waals surface area contributed by atoms with Gasteiger partial charge in [0.1, 0.15) is 0 Å². The Balaban J connectivity index is 0.00000441. The molecule has 0 aliphatic carbocycles. The van der Waals surface area contributed by atoms with Crippen molar-refractivity contribution in [2.45, 2.75) is 33.7 Å². The first kappa shape index (κ1) is 20.7. The van der Waals surface area contributed by atoms with E-state index in [1.54, 1.807) is 0 Å². The number of hydrogen-bond acceptors (Lipinski definition) is 2. The van der Waals surface area contributed by atoms with Gasteiger partial charge in [-0.2, -0.15) is 0 Å². The summed E-state index contributed by atoms with van der Waals surface area (Å²) in [6.07, 6.45) is 0.995. The van der Waals surface area contributed by atoms with Crippen LogP contribution in [0.2, 0.25) is 0 Å². The van der Waals surface area contributed by atoms with Crippen LogP contribution in [0.15, 0.2) is 29.3 Å². The van der Waals surface area contributed by atoms with E-state index in [0.717, 1.165) is 13.0 Å². The van der Waals surface area contributed by atoms with Gasteiger partial charge in [0.25, 0.3) is 0 Å². The van der Waals surface area contributed by atoms with Crippen molar-refractivity contribution in [2.24, 2.45) is 4.99 Å². The first-order chi connectivity index (χ1) is 10.2. The zero-order valence-corrected chi connectivity index (χ0v) is 15.9. The first-order valence-corrected chi connectivity index (χ1v) is 7.56. The molecular weight excluding hydrogens is 391 g/mol. The van der Waals surface area contributed by atoms with E-state index in [1.165, 1.54) is 11.1 Å². The molecule has 1 rings (SSSR count). The van der Waals surface area contributed by atoms with Crippen LogP contribution in [0.4, 0.5) is 0 Å². The summed E-state index contributed by atoms with van der Waals surface area (Å²) in [5.41, 5.74) is 2.52. The van der Waals surface area contributed by atoms with E-state index in [2.05, 4.69) is 40.0 Å². The highest BCUT2D eigenvalue weighted by atomic mass is 127. The maximum Gasteiger partial charge on any atom is 0.239 e. The van der Waals surface area contributed by atoms with E-state index in [1.807, 2.05) is 26.0 Å². The van der Waals surface area contributed by atoms with Crippen LogP contribution in [0.3, 0.4) is 0 Å². The monoisotopic (exact) mass is 418 g/mol. The van der Waals surface area contributed by atoms with E-state index in [0.29, 0.717) is 19.0 Å². The second-order valence-corrected chi connectivity index (χ2v) is 4.62. The second kappa shape index (κ2) is 12.3. The predicted octanol–water partition coefficient (Wildman–Crippen LogP) is 2.06. The Labute approximate surface area is 150 Å². The number of aryl methyl sites for hydroxylation is 1. The molecule has 1 aromatic rings. The Morgan fingerprint density at radius 1 is 1.00 bits per heavy atom. The average molecular weight is 418 g/mol. The van der Waals surface area contributed by atoms with Crippen LogP contribution in [0, 0.1) is 0 Å². The quantitative estimate of drug-likeness (QED) is 0.361. The standard InChI is InChI=1S/C16H26N4O.HI/c1-4-13-9-7-8-10-14(13)11-19-16(18-6-3)20-12-15(21)17-5-2;/h7-10H,4-6,11-12H2,1-3H3,(H,17,21)(H2,18,19,20);1H. The first-order valence-electron chi connectivity index (χ1n) is 7.56. The molecule has 5 nitrogen and oxygen atoms in total. The van der Waals surface area contributed by atoms with Crippen LogP contribution in [0.1, 0.15) is 31.9 Å². The lowest BCUT2D eigenvalue weighted by atomic mass is 10.1. The van der Waals surface area contributed by atoms with Crippen LogP contribution in [-0.2, 0) is 17.8 Å². The number of amides is 1. The molecule has 0 heterocycles. The Morgan fingerprint density at radius 2 is 1.64 bits per heavy atom. The summed E-state index contributed by atoms with van der Waals surface area (Å²) in [4.78, 5) is 16.0. The molecule has 124 valence electrons. The predicted molar refractivity (Wildman–Crippen MR) is 103 cm³/mol. The molecular formula is C16H27IN4O. The number of nitrogens with one attached hydrogen (secondary N) is 3. The summed E-state index contributed by atoms with van der Waals surface area (Å²) >= 11 is 0. The van der Waals surface area contributed by atoms with Crippen molar-refractivity contribution in [1.82, 2.24) is 16.0 Å². The molecule has 1 aromatic carbocycles. The van der Waals surface area contributed by atoms with Crippen molar-refractivity contribution < 1.29 is 4.79 Å². The van der Waals surface area contributed by atoms with Gasteiger partial charge < -0.3 is 16.0 Å². The lowest BCUT2D eigenvalue weighted by Gasteiger charge is -2.12. The number of carbonyl (C=O) groups is 1. The number of likely N-dealkylation sites (N-methyl/N-ethyl adjacent to an activating group) is 1. The molecule has 0 bridgehead atoms. The normalized spacial score (nSPS) is 10.6. The van der Waals surface area contributed by atoms with Crippen molar-refractivity contribution in [3.05, 3.63) is 35.4 Å². The summed E-state index contributed by atoms with van der Waals surface area (Å²) in [5, 5.41) is 8.94. The number of nitrogens with zero attached hydrogens (tertiary/aromatic N) is 1. The fourth-order valence-corrected chi connectivity index (χ4v) is 1.99. The lowest BCUT2D eigenvalue weighted by Crippen LogP contribution is -2.43. The van der Waals surface area contributed by atoms with E-state index in [-0.39, 0.29) is 36.4 Å². The van der Waals surface area contributed by atoms with Gasteiger partial charge in [0.05, 0.1) is 13.1 Å². The third kappa shape index (κ3) is 7.63. The van der Waals surface area contributed by atoms with E-state index < -0.39 is 0 Å². The molecule has 1 amide bonds. The van der Waals surface area contributed by atoms with E-state index in [9.17, 15) is 4.79 Å². The summed E-state index contributed by atoms with van der Waals surface area (Å²) < 4.78 is 0. The average Bonchev–Trinajstić information content (AvgIpc) is 2.50. The number of guanidine groups is 1. The van der Waals surface area contributed by atoms with Crippen molar-refractivity contribution >= 4 is 35.8 Å². The minimum absolute atomic E-state index is 0. The van der Waals surface area contributed by atoms with Gasteiger partial charge in [0.15, 0.2) is 5.96 Å². The highest BCUT2D eigenvalue weighted by Crippen LogP contribution is 2.10. The third-order valence-corrected chi connectivity index (χ3v) is 3.04. The van der Waals surface area contributed by atoms with Gasteiger partial charge >= 0.3 is 0 Å². The number of benzene rings is 1. The van der Waals surface area contributed by atoms with Gasteiger partial charge in [-0.1, -0.05) is 31.2 Å². The Morgan fingerprint density at radius 3 is 2.23 bits per heavy atom. The van der Waals surface area contributed by atoms with Crippen molar-refractivity contribution in [3.8, 4) is 0 Å². The minimum Gasteiger partial charge on any atom is -0.357 e. The molecule has 0 fully saturated rings. The van der Waals surface area contributed by atoms with Gasteiger partial charge in [-0.15, -0.1) is 24.0 Å². The Kier molecular flexibility index (Phi) is 11.5. The lowest BCUT2D eigenvalue weighted by molar-refractivity contribution is -0.119. The Hall–Kier alpha value is -1.31. The van der Waals surface area contributed by atoms with Crippen molar-refractivity contribution in [1.29, 1.82) is 0 Å². The molecule has 0 radical (unpaired) electrons. The maximum absolute atomic E-state index is 11.5. The topological polar surface area (TPSA) is 65.5 Å². The van der Waals surface area contributed by atoms with Crippen molar-refractivity contribution in [2.75, 3.05) is 19.6 Å². The highest BCUT2D eigenvalue weighted by molar-refractivity contribution is 14.0. The van der Waals surface area contributed by atoms with E-state index in [4.69, 9.17) is 0 Å². The molecule has 0 saturated heterocycles. The largest absolute Gasteiger partial charge is 0.357 e. The summed E-state index contributed by atoms with van der Waals surface area (Å²) in [6, 6.07) is 8.29. The fourth-order valence-electron chi connectivity index (χ4n) is 1.99. The van der Waals surface area contributed by atoms with Crippen LogP contribution >= 0.6 is 24.0 Å². The van der Waals surface area contributed by atoms with Crippen LogP contribution in [-0.4, -0.2) is 31.5 Å². The van der Waals surface area contributed by atoms with Gasteiger partial charge in [-0.3, -0.25) is 4.79 Å². The SMILES string of the molecule is CCNC(=O)CNC(=NCc1ccccc1CC)NCC.I. The third-order valence-electron chi connectivity index (χ3n) is 3.04. The molecule has 0 aromatic heterocycles. The van der Waals surface area contributed by atoms with Gasteiger partial charge in [-0.25, -0.2) is 4.99 Å². The van der Waals surface area contributed by atoms with E-state index >= 15 is 0 Å². The van der Waals surface area contributed by atoms with Crippen LogP contribution in [0.25, 0.3) is 0 Å². The minimum atomic E-state index is -0.0305. The fraction of sp³-hybridized carbons (Fsp3) is 0.500. The molecule has 6 heteroatoms. The second-order valence-electron chi connectivity index (χ2n) is 4.62. The molecule has 3 N–H and O–H groups in total. The zero-order valence-electron chi connectivity index (χ0n) is 13.6. The number of carbonyl (C=O) groups excluding carboxylic acids is 1. The molecule has 0 aliphatic rings. The van der Waals surface area contributed by atoms with Crippen LogP contribution < -0.4 is 16.0 Å². The summed E-state index contributed by atoms with van der Waals surface area (Å²) in [6.45, 7) is 8.28. The number of rotatable bonds is 7. The van der Waals surface area contributed by atoms with Gasteiger partial charge in [0, 0.05) is 13.1 Å². The van der Waals surface area contributed by atoms with Gasteiger partial charge in [-0.05, 0) is 31.4 Å². The highest BCUT2D eigenvalue weighted by Gasteiger charge is 2.03. The van der Waals surface area contributed by atoms with Gasteiger partial charge in [0.2, 0.25) is 5.91 Å². The van der Waals surface area contributed by atoms with Crippen LogP contribution in [0.5, 0.6) is 0 Å².